The molecule has 3 rings (SSSR count). The third-order valence-corrected chi connectivity index (χ3v) is 6.09. The normalized spacial score (nSPS) is 17.6. The summed E-state index contributed by atoms with van der Waals surface area (Å²) in [5, 5.41) is 0.117. The van der Waals surface area contributed by atoms with Crippen molar-refractivity contribution in [1.82, 2.24) is 14.8 Å². The van der Waals surface area contributed by atoms with E-state index < -0.39 is 0 Å². The first-order valence-electron chi connectivity index (χ1n) is 8.24. The number of aromatic nitrogens is 1. The average molecular weight is 378 g/mol. The molecule has 134 valence electrons. The van der Waals surface area contributed by atoms with Gasteiger partial charge in [0.05, 0.1) is 18.1 Å². The lowest BCUT2D eigenvalue weighted by Gasteiger charge is -2.23. The van der Waals surface area contributed by atoms with Crippen molar-refractivity contribution in [3.05, 3.63) is 53.7 Å². The van der Waals surface area contributed by atoms with Crippen LogP contribution in [0.25, 0.3) is 0 Å². The molecule has 0 N–H and O–H groups in total. The van der Waals surface area contributed by atoms with Crippen LogP contribution in [0.1, 0.15) is 22.5 Å². The predicted molar refractivity (Wildman–Crippen MR) is 103 cm³/mol. The van der Waals surface area contributed by atoms with Crippen molar-refractivity contribution in [2.45, 2.75) is 17.7 Å². The van der Waals surface area contributed by atoms with Crippen LogP contribution in [0.3, 0.4) is 0 Å². The number of hydrogen-bond donors (Lipinski definition) is 0. The van der Waals surface area contributed by atoms with E-state index in [0.29, 0.717) is 5.75 Å². The van der Waals surface area contributed by atoms with Crippen molar-refractivity contribution in [2.24, 2.45) is 0 Å². The minimum absolute atomic E-state index is 0.117. The van der Waals surface area contributed by atoms with Gasteiger partial charge in [0.15, 0.2) is 0 Å². The molecule has 1 amide bonds. The number of amides is 1. The Morgan fingerprint density at radius 3 is 2.80 bits per heavy atom. The standard InChI is InChI=1S/C18H23N3O2S2/c1-20(2)11-15-3-4-16(23-15)12-24-10-9-21-17(22)13-25-18(21)14-5-7-19-8-6-14/h3-8,18H,9-13H2,1-2H3. The van der Waals surface area contributed by atoms with E-state index in [4.69, 9.17) is 4.42 Å². The van der Waals surface area contributed by atoms with E-state index in [-0.39, 0.29) is 11.3 Å². The zero-order chi connectivity index (χ0) is 17.6. The highest BCUT2D eigenvalue weighted by Crippen LogP contribution is 2.38. The average Bonchev–Trinajstić information content (AvgIpc) is 3.19. The maximum Gasteiger partial charge on any atom is 0.233 e. The number of carbonyl (C=O) groups is 1. The summed E-state index contributed by atoms with van der Waals surface area (Å²) in [6, 6.07) is 8.07. The molecule has 0 aliphatic carbocycles. The molecule has 25 heavy (non-hydrogen) atoms. The van der Waals surface area contributed by atoms with E-state index in [1.54, 1.807) is 35.9 Å². The van der Waals surface area contributed by atoms with E-state index in [1.807, 2.05) is 43.3 Å². The minimum Gasteiger partial charge on any atom is -0.464 e. The summed E-state index contributed by atoms with van der Waals surface area (Å²) in [5.41, 5.74) is 1.15. The molecule has 3 heterocycles. The Morgan fingerprint density at radius 1 is 1.28 bits per heavy atom. The van der Waals surface area contributed by atoms with Crippen molar-refractivity contribution in [3.63, 3.8) is 0 Å². The predicted octanol–water partition coefficient (Wildman–Crippen LogP) is 3.24. The van der Waals surface area contributed by atoms with Gasteiger partial charge in [0, 0.05) is 24.7 Å². The summed E-state index contributed by atoms with van der Waals surface area (Å²) < 4.78 is 5.82. The van der Waals surface area contributed by atoms with Crippen molar-refractivity contribution < 1.29 is 9.21 Å². The second kappa shape index (κ2) is 8.78. The van der Waals surface area contributed by atoms with Crippen molar-refractivity contribution in [3.8, 4) is 0 Å². The number of nitrogens with zero attached hydrogens (tertiary/aromatic N) is 3. The molecular weight excluding hydrogens is 354 g/mol. The Balaban J connectivity index is 1.47. The molecule has 2 aromatic heterocycles. The van der Waals surface area contributed by atoms with Gasteiger partial charge < -0.3 is 14.2 Å². The molecule has 1 aliphatic rings. The first-order valence-corrected chi connectivity index (χ1v) is 10.4. The lowest BCUT2D eigenvalue weighted by Crippen LogP contribution is -2.30. The Morgan fingerprint density at radius 2 is 2.04 bits per heavy atom. The Hall–Kier alpha value is -1.44. The molecule has 0 spiro atoms. The molecule has 2 aromatic rings. The lowest BCUT2D eigenvalue weighted by molar-refractivity contribution is -0.127. The highest BCUT2D eigenvalue weighted by atomic mass is 32.2. The number of carbonyl (C=O) groups excluding carboxylic acids is 1. The highest BCUT2D eigenvalue weighted by Gasteiger charge is 2.32. The highest BCUT2D eigenvalue weighted by molar-refractivity contribution is 8.00. The largest absolute Gasteiger partial charge is 0.464 e. The fourth-order valence-electron chi connectivity index (χ4n) is 2.73. The summed E-state index contributed by atoms with van der Waals surface area (Å²) in [5.74, 6) is 4.50. The van der Waals surface area contributed by atoms with Gasteiger partial charge in [-0.05, 0) is 43.9 Å². The van der Waals surface area contributed by atoms with Crippen molar-refractivity contribution in [1.29, 1.82) is 0 Å². The van der Waals surface area contributed by atoms with E-state index in [9.17, 15) is 4.79 Å². The number of pyridine rings is 1. The maximum atomic E-state index is 12.2. The topological polar surface area (TPSA) is 49.6 Å². The molecule has 0 bridgehead atoms. The molecule has 7 heteroatoms. The van der Waals surface area contributed by atoms with Gasteiger partial charge in [-0.2, -0.15) is 11.8 Å². The van der Waals surface area contributed by atoms with Gasteiger partial charge in [0.2, 0.25) is 5.91 Å². The summed E-state index contributed by atoms with van der Waals surface area (Å²) in [4.78, 5) is 20.3. The fraction of sp³-hybridized carbons (Fsp3) is 0.444. The van der Waals surface area contributed by atoms with Crippen LogP contribution in [-0.4, -0.2) is 52.8 Å². The van der Waals surface area contributed by atoms with Gasteiger partial charge in [0.25, 0.3) is 0 Å². The maximum absolute atomic E-state index is 12.2. The van der Waals surface area contributed by atoms with Crippen LogP contribution in [-0.2, 0) is 17.1 Å². The summed E-state index contributed by atoms with van der Waals surface area (Å²) in [6.45, 7) is 1.58. The number of furan rings is 1. The third-order valence-electron chi connectivity index (χ3n) is 3.87. The van der Waals surface area contributed by atoms with Crippen LogP contribution in [0.2, 0.25) is 0 Å². The lowest BCUT2D eigenvalue weighted by atomic mass is 10.2. The summed E-state index contributed by atoms with van der Waals surface area (Å²) in [6.07, 6.45) is 3.57. The monoisotopic (exact) mass is 377 g/mol. The van der Waals surface area contributed by atoms with Gasteiger partial charge in [-0.25, -0.2) is 0 Å². The SMILES string of the molecule is CN(C)Cc1ccc(CSCCN2C(=O)CSC2c2ccncc2)o1. The Kier molecular flexibility index (Phi) is 6.45. The second-order valence-electron chi connectivity index (χ2n) is 6.19. The molecule has 1 saturated heterocycles. The van der Waals surface area contributed by atoms with Crippen LogP contribution in [0.4, 0.5) is 0 Å². The van der Waals surface area contributed by atoms with Gasteiger partial charge in [-0.15, -0.1) is 11.8 Å². The molecule has 1 unspecified atom stereocenters. The smallest absolute Gasteiger partial charge is 0.233 e. The minimum atomic E-state index is 0.117. The number of hydrogen-bond acceptors (Lipinski definition) is 6. The van der Waals surface area contributed by atoms with Crippen LogP contribution >= 0.6 is 23.5 Å². The first-order chi connectivity index (χ1) is 12.1. The summed E-state index contributed by atoms with van der Waals surface area (Å²) in [7, 11) is 4.06. The van der Waals surface area contributed by atoms with Gasteiger partial charge >= 0.3 is 0 Å². The van der Waals surface area contributed by atoms with E-state index >= 15 is 0 Å². The van der Waals surface area contributed by atoms with Gasteiger partial charge in [-0.3, -0.25) is 9.78 Å². The van der Waals surface area contributed by atoms with Crippen LogP contribution < -0.4 is 0 Å². The second-order valence-corrected chi connectivity index (χ2v) is 8.36. The molecule has 1 atom stereocenters. The summed E-state index contributed by atoms with van der Waals surface area (Å²) >= 11 is 3.49. The zero-order valence-electron chi connectivity index (χ0n) is 14.6. The first kappa shape index (κ1) is 18.4. The van der Waals surface area contributed by atoms with E-state index in [0.717, 1.165) is 41.7 Å². The zero-order valence-corrected chi connectivity index (χ0v) is 16.2. The van der Waals surface area contributed by atoms with Crippen LogP contribution in [0, 0.1) is 0 Å². The number of thioether (sulfide) groups is 2. The molecule has 1 fully saturated rings. The van der Waals surface area contributed by atoms with Crippen LogP contribution in [0.15, 0.2) is 41.1 Å². The molecule has 1 aliphatic heterocycles. The van der Waals surface area contributed by atoms with Gasteiger partial charge in [-0.1, -0.05) is 0 Å². The van der Waals surface area contributed by atoms with Crippen molar-refractivity contribution >= 4 is 29.4 Å². The van der Waals surface area contributed by atoms with E-state index in [1.165, 1.54) is 0 Å². The quantitative estimate of drug-likeness (QED) is 0.658. The Bertz CT molecular complexity index is 691. The third kappa shape index (κ3) is 5.03. The molecule has 0 aromatic carbocycles. The fourth-order valence-corrected chi connectivity index (χ4v) is 4.78. The molecule has 0 radical (unpaired) electrons. The molecular formula is C18H23N3O2S2. The number of rotatable bonds is 8. The Labute approximate surface area is 157 Å². The van der Waals surface area contributed by atoms with Crippen LogP contribution in [0.5, 0.6) is 0 Å². The van der Waals surface area contributed by atoms with Gasteiger partial charge in [0.1, 0.15) is 16.9 Å². The van der Waals surface area contributed by atoms with E-state index in [2.05, 4.69) is 9.88 Å². The van der Waals surface area contributed by atoms with Crippen molar-refractivity contribution in [2.75, 3.05) is 32.1 Å². The molecule has 0 saturated carbocycles. The molecule has 5 nitrogen and oxygen atoms in total.